The molecule has 0 unspecified atom stereocenters. The standard InChI is InChI=1S/C14H20N6O/c1-2-15-14(17-10-5-6-10)16-8-7-12-18-13(20-19-12)11-4-3-9-21-11/h3-4,9-10H,2,5-8H2,1H3,(H2,15,16,17)(H,18,19,20). The van der Waals surface area contributed by atoms with Gasteiger partial charge in [-0.1, -0.05) is 0 Å². The number of hydrogen-bond acceptors (Lipinski definition) is 4. The molecule has 0 radical (unpaired) electrons. The molecule has 1 saturated carbocycles. The number of aliphatic imine (C=N–C) groups is 1. The first kappa shape index (κ1) is 13.7. The lowest BCUT2D eigenvalue weighted by Crippen LogP contribution is -2.38. The normalized spacial score (nSPS) is 15.2. The van der Waals surface area contributed by atoms with Gasteiger partial charge in [0.05, 0.1) is 6.26 Å². The van der Waals surface area contributed by atoms with Gasteiger partial charge < -0.3 is 15.1 Å². The van der Waals surface area contributed by atoms with E-state index in [-0.39, 0.29) is 0 Å². The SMILES string of the molecule is CCNC(=NCCc1nc(-c2ccco2)n[nH]1)NC1CC1. The summed E-state index contributed by atoms with van der Waals surface area (Å²) in [5.41, 5.74) is 0. The maximum Gasteiger partial charge on any atom is 0.216 e. The third kappa shape index (κ3) is 3.84. The molecule has 112 valence electrons. The van der Waals surface area contributed by atoms with E-state index in [2.05, 4.69) is 37.7 Å². The summed E-state index contributed by atoms with van der Waals surface area (Å²) in [6, 6.07) is 4.26. The van der Waals surface area contributed by atoms with Crippen molar-refractivity contribution in [3.8, 4) is 11.6 Å². The van der Waals surface area contributed by atoms with Crippen molar-refractivity contribution < 1.29 is 4.42 Å². The van der Waals surface area contributed by atoms with Crippen molar-refractivity contribution in [2.24, 2.45) is 4.99 Å². The van der Waals surface area contributed by atoms with E-state index in [1.54, 1.807) is 6.26 Å². The lowest BCUT2D eigenvalue weighted by Gasteiger charge is -2.09. The number of aromatic amines is 1. The van der Waals surface area contributed by atoms with Gasteiger partial charge in [0.1, 0.15) is 5.82 Å². The van der Waals surface area contributed by atoms with E-state index in [1.165, 1.54) is 12.8 Å². The van der Waals surface area contributed by atoms with E-state index in [9.17, 15) is 0 Å². The van der Waals surface area contributed by atoms with Gasteiger partial charge in [-0.2, -0.15) is 5.10 Å². The zero-order valence-electron chi connectivity index (χ0n) is 12.1. The molecular formula is C14H20N6O. The first-order valence-electron chi connectivity index (χ1n) is 7.35. The number of hydrogen-bond donors (Lipinski definition) is 3. The summed E-state index contributed by atoms with van der Waals surface area (Å²) < 4.78 is 5.27. The fourth-order valence-corrected chi connectivity index (χ4v) is 1.94. The van der Waals surface area contributed by atoms with Gasteiger partial charge in [0.25, 0.3) is 0 Å². The molecule has 3 N–H and O–H groups in total. The van der Waals surface area contributed by atoms with Gasteiger partial charge in [-0.15, -0.1) is 0 Å². The summed E-state index contributed by atoms with van der Waals surface area (Å²) in [7, 11) is 0. The van der Waals surface area contributed by atoms with Crippen LogP contribution in [0.2, 0.25) is 0 Å². The summed E-state index contributed by atoms with van der Waals surface area (Å²) in [6.45, 7) is 3.59. The Balaban J connectivity index is 1.54. The molecular weight excluding hydrogens is 268 g/mol. The van der Waals surface area contributed by atoms with Crippen molar-refractivity contribution in [3.05, 3.63) is 24.2 Å². The van der Waals surface area contributed by atoms with Crippen LogP contribution in [0.3, 0.4) is 0 Å². The lowest BCUT2D eigenvalue weighted by atomic mass is 10.4. The fraction of sp³-hybridized carbons (Fsp3) is 0.500. The van der Waals surface area contributed by atoms with Crippen LogP contribution in [0, 0.1) is 0 Å². The van der Waals surface area contributed by atoms with Crippen LogP contribution in [0.4, 0.5) is 0 Å². The molecule has 0 amide bonds. The van der Waals surface area contributed by atoms with Gasteiger partial charge >= 0.3 is 0 Å². The van der Waals surface area contributed by atoms with Crippen molar-refractivity contribution in [1.82, 2.24) is 25.8 Å². The molecule has 2 heterocycles. The molecule has 0 aromatic carbocycles. The van der Waals surface area contributed by atoms with Crippen LogP contribution in [0.25, 0.3) is 11.6 Å². The Morgan fingerprint density at radius 1 is 1.52 bits per heavy atom. The first-order chi connectivity index (χ1) is 10.3. The average molecular weight is 288 g/mol. The monoisotopic (exact) mass is 288 g/mol. The second kappa shape index (κ2) is 6.43. The minimum atomic E-state index is 0.585. The van der Waals surface area contributed by atoms with Crippen molar-refractivity contribution in [2.75, 3.05) is 13.1 Å². The van der Waals surface area contributed by atoms with E-state index in [4.69, 9.17) is 4.42 Å². The van der Waals surface area contributed by atoms with Gasteiger partial charge in [0.2, 0.25) is 5.82 Å². The van der Waals surface area contributed by atoms with Crippen molar-refractivity contribution in [1.29, 1.82) is 0 Å². The molecule has 21 heavy (non-hydrogen) atoms. The van der Waals surface area contributed by atoms with Crippen LogP contribution in [0.1, 0.15) is 25.6 Å². The molecule has 2 aromatic heterocycles. The zero-order chi connectivity index (χ0) is 14.5. The van der Waals surface area contributed by atoms with Crippen LogP contribution in [0.5, 0.6) is 0 Å². The third-order valence-electron chi connectivity index (χ3n) is 3.15. The molecule has 0 atom stereocenters. The van der Waals surface area contributed by atoms with Crippen LogP contribution >= 0.6 is 0 Å². The first-order valence-corrected chi connectivity index (χ1v) is 7.35. The molecule has 0 bridgehead atoms. The Bertz CT molecular complexity index is 584. The molecule has 1 aliphatic carbocycles. The van der Waals surface area contributed by atoms with Crippen LogP contribution in [0.15, 0.2) is 27.8 Å². The Morgan fingerprint density at radius 3 is 3.14 bits per heavy atom. The van der Waals surface area contributed by atoms with Crippen molar-refractivity contribution >= 4 is 5.96 Å². The summed E-state index contributed by atoms with van der Waals surface area (Å²) >= 11 is 0. The fourth-order valence-electron chi connectivity index (χ4n) is 1.94. The van der Waals surface area contributed by atoms with E-state index < -0.39 is 0 Å². The second-order valence-electron chi connectivity index (χ2n) is 5.01. The van der Waals surface area contributed by atoms with E-state index in [0.717, 1.165) is 24.7 Å². The summed E-state index contributed by atoms with van der Waals surface area (Å²) in [5.74, 6) is 2.95. The minimum absolute atomic E-state index is 0.585. The topological polar surface area (TPSA) is 91.1 Å². The molecule has 3 rings (SSSR count). The Morgan fingerprint density at radius 2 is 2.43 bits per heavy atom. The van der Waals surface area contributed by atoms with Gasteiger partial charge in [-0.05, 0) is 31.9 Å². The highest BCUT2D eigenvalue weighted by Gasteiger charge is 2.22. The molecule has 7 heteroatoms. The quantitative estimate of drug-likeness (QED) is 0.551. The van der Waals surface area contributed by atoms with Gasteiger partial charge in [0.15, 0.2) is 11.7 Å². The maximum absolute atomic E-state index is 5.27. The highest BCUT2D eigenvalue weighted by atomic mass is 16.3. The van der Waals surface area contributed by atoms with Crippen molar-refractivity contribution in [3.63, 3.8) is 0 Å². The van der Waals surface area contributed by atoms with E-state index >= 15 is 0 Å². The zero-order valence-corrected chi connectivity index (χ0v) is 12.1. The Labute approximate surface area is 123 Å². The molecule has 0 saturated heterocycles. The van der Waals surface area contributed by atoms with Crippen LogP contribution in [-0.2, 0) is 6.42 Å². The molecule has 0 aliphatic heterocycles. The number of furan rings is 1. The minimum Gasteiger partial charge on any atom is -0.461 e. The highest BCUT2D eigenvalue weighted by molar-refractivity contribution is 5.80. The summed E-state index contributed by atoms with van der Waals surface area (Å²) in [4.78, 5) is 8.94. The van der Waals surface area contributed by atoms with Gasteiger partial charge in [-0.25, -0.2) is 4.98 Å². The third-order valence-corrected chi connectivity index (χ3v) is 3.15. The molecule has 7 nitrogen and oxygen atoms in total. The van der Waals surface area contributed by atoms with Crippen LogP contribution < -0.4 is 10.6 Å². The number of rotatable bonds is 6. The second-order valence-corrected chi connectivity index (χ2v) is 5.01. The lowest BCUT2D eigenvalue weighted by molar-refractivity contribution is 0.577. The van der Waals surface area contributed by atoms with Crippen molar-refractivity contribution in [2.45, 2.75) is 32.2 Å². The Hall–Kier alpha value is -2.31. The molecule has 1 fully saturated rings. The number of nitrogens with zero attached hydrogens (tertiary/aromatic N) is 3. The largest absolute Gasteiger partial charge is 0.461 e. The number of aromatic nitrogens is 3. The molecule has 0 spiro atoms. The highest BCUT2D eigenvalue weighted by Crippen LogP contribution is 2.18. The number of H-pyrrole nitrogens is 1. The van der Waals surface area contributed by atoms with Gasteiger partial charge in [0, 0.05) is 25.6 Å². The predicted molar refractivity (Wildman–Crippen MR) is 79.9 cm³/mol. The number of guanidine groups is 1. The summed E-state index contributed by atoms with van der Waals surface area (Å²) in [5, 5.41) is 13.7. The van der Waals surface area contributed by atoms with Gasteiger partial charge in [-0.3, -0.25) is 10.1 Å². The summed E-state index contributed by atoms with van der Waals surface area (Å²) in [6.07, 6.45) is 4.80. The number of nitrogens with one attached hydrogen (secondary N) is 3. The smallest absolute Gasteiger partial charge is 0.216 e. The molecule has 1 aliphatic rings. The van der Waals surface area contributed by atoms with E-state index in [1.807, 2.05) is 12.1 Å². The Kier molecular flexibility index (Phi) is 4.18. The maximum atomic E-state index is 5.27. The average Bonchev–Trinajstić information content (AvgIpc) is 2.95. The van der Waals surface area contributed by atoms with E-state index in [0.29, 0.717) is 24.2 Å². The molecule has 2 aromatic rings. The predicted octanol–water partition coefficient (Wildman–Crippen LogP) is 1.32. The van der Waals surface area contributed by atoms with Crippen LogP contribution in [-0.4, -0.2) is 40.3 Å².